The maximum atomic E-state index is 9.50. The second-order valence-corrected chi connectivity index (χ2v) is 15.9. The zero-order valence-corrected chi connectivity index (χ0v) is 32.1. The summed E-state index contributed by atoms with van der Waals surface area (Å²) in [4.78, 5) is 12.7. The van der Waals surface area contributed by atoms with Crippen LogP contribution in [0.25, 0.3) is 67.3 Å². The van der Waals surface area contributed by atoms with E-state index in [1.54, 1.807) is 0 Å². The lowest BCUT2D eigenvalue weighted by Crippen LogP contribution is -2.32. The fourth-order valence-corrected chi connectivity index (χ4v) is 10.1. The lowest BCUT2D eigenvalue weighted by atomic mass is 9.66. The van der Waals surface area contributed by atoms with E-state index in [0.717, 1.165) is 50.3 Å². The number of rotatable bonds is 5. The molecule has 1 aromatic heterocycles. The molecule has 0 fully saturated rings. The monoisotopic (exact) mass is 755 g/mol. The highest BCUT2D eigenvalue weighted by Crippen LogP contribution is 2.62. The quantitative estimate of drug-likeness (QED) is 0.175. The Bertz CT molecular complexity index is 2990. The molecule has 8 aromatic carbocycles. The zero-order valence-electron chi connectivity index (χ0n) is 31.3. The Morgan fingerprint density at radius 2 is 0.862 bits per heavy atom. The van der Waals surface area contributed by atoms with Crippen molar-refractivity contribution in [2.75, 3.05) is 0 Å². The average Bonchev–Trinajstić information content (AvgIpc) is 3.60. The van der Waals surface area contributed by atoms with Gasteiger partial charge in [0.15, 0.2) is 5.82 Å². The van der Waals surface area contributed by atoms with Crippen molar-refractivity contribution in [1.82, 2.24) is 9.97 Å². The summed E-state index contributed by atoms with van der Waals surface area (Å²) in [7, 11) is 0. The van der Waals surface area contributed by atoms with Gasteiger partial charge in [0.05, 0.1) is 28.4 Å². The van der Waals surface area contributed by atoms with Gasteiger partial charge >= 0.3 is 0 Å². The molecule has 4 heteroatoms. The molecule has 2 aliphatic rings. The van der Waals surface area contributed by atoms with Crippen molar-refractivity contribution in [2.24, 2.45) is 0 Å². The Morgan fingerprint density at radius 3 is 1.48 bits per heavy atom. The van der Waals surface area contributed by atoms with Crippen molar-refractivity contribution in [1.29, 1.82) is 5.26 Å². The minimum atomic E-state index is -0.541. The van der Waals surface area contributed by atoms with Gasteiger partial charge in [0.2, 0.25) is 0 Å². The van der Waals surface area contributed by atoms with Gasteiger partial charge in [-0.05, 0) is 104 Å². The van der Waals surface area contributed by atoms with Gasteiger partial charge < -0.3 is 0 Å². The van der Waals surface area contributed by atoms with Crippen LogP contribution in [-0.2, 0) is 5.41 Å². The predicted molar refractivity (Wildman–Crippen MR) is 235 cm³/mol. The van der Waals surface area contributed by atoms with Gasteiger partial charge in [0, 0.05) is 26.5 Å². The number of nitriles is 1. The van der Waals surface area contributed by atoms with Crippen LogP contribution in [0.3, 0.4) is 0 Å². The molecule has 2 heterocycles. The predicted octanol–water partition coefficient (Wildman–Crippen LogP) is 13.5. The minimum Gasteiger partial charge on any atom is -0.228 e. The maximum Gasteiger partial charge on any atom is 0.160 e. The Labute approximate surface area is 342 Å². The summed E-state index contributed by atoms with van der Waals surface area (Å²) in [6, 6.07) is 73.4. The summed E-state index contributed by atoms with van der Waals surface area (Å²) >= 11 is 1.85. The summed E-state index contributed by atoms with van der Waals surface area (Å²) in [5.41, 5.74) is 17.1. The van der Waals surface area contributed by atoms with Crippen molar-refractivity contribution < 1.29 is 0 Å². The largest absolute Gasteiger partial charge is 0.228 e. The van der Waals surface area contributed by atoms with Crippen LogP contribution in [0.2, 0.25) is 0 Å². The van der Waals surface area contributed by atoms with Gasteiger partial charge in [0.25, 0.3) is 0 Å². The second kappa shape index (κ2) is 13.7. The molecular weight excluding hydrogens is 723 g/mol. The van der Waals surface area contributed by atoms with Crippen LogP contribution in [0.4, 0.5) is 0 Å². The van der Waals surface area contributed by atoms with E-state index in [0.29, 0.717) is 11.4 Å². The molecule has 0 atom stereocenters. The summed E-state index contributed by atoms with van der Waals surface area (Å²) in [5, 5.41) is 9.50. The minimum absolute atomic E-state index is 0.541. The highest BCUT2D eigenvalue weighted by molar-refractivity contribution is 7.99. The third-order valence-corrected chi connectivity index (χ3v) is 12.8. The molecule has 1 aliphatic heterocycles. The van der Waals surface area contributed by atoms with Crippen LogP contribution in [0, 0.1) is 11.3 Å². The van der Waals surface area contributed by atoms with Crippen molar-refractivity contribution in [3.8, 4) is 73.4 Å². The SMILES string of the molecule is N#Cc1ccc(-c2ccc3c(c2)C2(c4cc(-c5cccc(-c6cc(-c7ccccc7)nc(-c7ccccc7)n6)c5)ccc4S3)c3ccccc3-c3ccccc32)cc1. The molecule has 9 aromatic rings. The maximum absolute atomic E-state index is 9.50. The summed E-state index contributed by atoms with van der Waals surface area (Å²) in [6.07, 6.45) is 0. The molecule has 0 amide bonds. The normalized spacial score (nSPS) is 12.9. The number of aromatic nitrogens is 2. The van der Waals surface area contributed by atoms with Crippen LogP contribution in [0.5, 0.6) is 0 Å². The number of hydrogen-bond donors (Lipinski definition) is 0. The molecule has 1 aliphatic carbocycles. The fourth-order valence-electron chi connectivity index (χ4n) is 8.93. The van der Waals surface area contributed by atoms with E-state index in [1.807, 2.05) is 48.2 Å². The average molecular weight is 756 g/mol. The smallest absolute Gasteiger partial charge is 0.160 e. The number of nitrogens with zero attached hydrogens (tertiary/aromatic N) is 3. The second-order valence-electron chi connectivity index (χ2n) is 14.8. The topological polar surface area (TPSA) is 49.6 Å². The van der Waals surface area contributed by atoms with Crippen molar-refractivity contribution in [3.63, 3.8) is 0 Å². The van der Waals surface area contributed by atoms with Gasteiger partial charge in [-0.1, -0.05) is 163 Å². The molecule has 270 valence electrons. The zero-order chi connectivity index (χ0) is 38.6. The highest BCUT2D eigenvalue weighted by Gasteiger charge is 2.50. The first-order valence-electron chi connectivity index (χ1n) is 19.4. The number of fused-ring (bicyclic) bond motifs is 9. The van der Waals surface area contributed by atoms with E-state index in [9.17, 15) is 5.26 Å². The van der Waals surface area contributed by atoms with Gasteiger partial charge in [-0.25, -0.2) is 9.97 Å². The molecule has 0 radical (unpaired) electrons. The molecule has 0 saturated heterocycles. The van der Waals surface area contributed by atoms with Crippen molar-refractivity contribution >= 4 is 11.8 Å². The number of benzene rings is 8. The van der Waals surface area contributed by atoms with Crippen LogP contribution < -0.4 is 0 Å². The number of hydrogen-bond acceptors (Lipinski definition) is 4. The molecule has 11 rings (SSSR count). The summed E-state index contributed by atoms with van der Waals surface area (Å²) in [5.74, 6) is 0.702. The van der Waals surface area contributed by atoms with E-state index in [2.05, 4.69) is 170 Å². The Balaban J connectivity index is 1.10. The molecule has 0 bridgehead atoms. The van der Waals surface area contributed by atoms with E-state index < -0.39 is 5.41 Å². The molecule has 0 N–H and O–H groups in total. The standard InChI is InChI=1S/C54H33N3S/c55-34-35-22-24-36(25-23-35)40-26-28-51-47(31-40)54(45-20-9-7-18-43(45)44-19-8-10-21-46(44)54)48-32-41(27-29-52(48)58-51)39-16-11-17-42(30-39)50-33-49(37-12-3-1-4-13-37)56-53(57-50)38-14-5-2-6-15-38/h1-33H. The van der Waals surface area contributed by atoms with Crippen molar-refractivity contribution in [3.05, 3.63) is 228 Å². The summed E-state index contributed by atoms with van der Waals surface area (Å²) < 4.78 is 0. The lowest BCUT2D eigenvalue weighted by molar-refractivity contribution is 0.723. The fraction of sp³-hybridized carbons (Fsp3) is 0.0185. The van der Waals surface area contributed by atoms with Crippen molar-refractivity contribution in [2.45, 2.75) is 15.2 Å². The Morgan fingerprint density at radius 1 is 0.379 bits per heavy atom. The first-order valence-corrected chi connectivity index (χ1v) is 20.3. The Hall–Kier alpha value is -7.32. The Kier molecular flexibility index (Phi) is 8.03. The first kappa shape index (κ1) is 34.0. The van der Waals surface area contributed by atoms with Crippen LogP contribution in [0.15, 0.2) is 210 Å². The van der Waals surface area contributed by atoms with E-state index in [1.165, 1.54) is 43.2 Å². The van der Waals surface area contributed by atoms with E-state index in [4.69, 9.17) is 9.97 Å². The van der Waals surface area contributed by atoms with Gasteiger partial charge in [0.1, 0.15) is 0 Å². The van der Waals surface area contributed by atoms with Crippen LogP contribution in [-0.4, -0.2) is 9.97 Å². The van der Waals surface area contributed by atoms with E-state index >= 15 is 0 Å². The lowest BCUT2D eigenvalue weighted by Gasteiger charge is -2.40. The van der Waals surface area contributed by atoms with Crippen LogP contribution in [0.1, 0.15) is 27.8 Å². The molecule has 1 spiro atoms. The molecular formula is C54H33N3S. The van der Waals surface area contributed by atoms with Crippen LogP contribution >= 0.6 is 11.8 Å². The third-order valence-electron chi connectivity index (χ3n) is 11.6. The molecule has 0 saturated carbocycles. The highest BCUT2D eigenvalue weighted by atomic mass is 32.2. The van der Waals surface area contributed by atoms with E-state index in [-0.39, 0.29) is 0 Å². The van der Waals surface area contributed by atoms with Gasteiger partial charge in [-0.3, -0.25) is 0 Å². The summed E-state index contributed by atoms with van der Waals surface area (Å²) in [6.45, 7) is 0. The molecule has 0 unspecified atom stereocenters. The molecule has 58 heavy (non-hydrogen) atoms. The molecule has 3 nitrogen and oxygen atoms in total. The van der Waals surface area contributed by atoms with Gasteiger partial charge in [-0.15, -0.1) is 0 Å². The van der Waals surface area contributed by atoms with Gasteiger partial charge in [-0.2, -0.15) is 5.26 Å². The first-order chi connectivity index (χ1) is 28.7. The third kappa shape index (κ3) is 5.44.